The summed E-state index contributed by atoms with van der Waals surface area (Å²) in [5.74, 6) is 1.22. The molecular weight excluding hydrogens is 344 g/mol. The molecule has 0 saturated carbocycles. The van der Waals surface area contributed by atoms with Gasteiger partial charge >= 0.3 is 0 Å². The van der Waals surface area contributed by atoms with Crippen LogP contribution in [0.15, 0.2) is 35.7 Å². The average molecular weight is 366 g/mol. The van der Waals surface area contributed by atoms with E-state index < -0.39 is 0 Å². The number of pyridine rings is 1. The quantitative estimate of drug-likeness (QED) is 0.503. The van der Waals surface area contributed by atoms with Crippen molar-refractivity contribution in [3.8, 4) is 11.4 Å². The lowest BCUT2D eigenvalue weighted by Crippen LogP contribution is -2.08. The number of carbonyl (C=O) groups is 1. The van der Waals surface area contributed by atoms with Crippen molar-refractivity contribution in [2.45, 2.75) is 32.9 Å². The molecule has 134 valence electrons. The van der Waals surface area contributed by atoms with Crippen LogP contribution in [0.25, 0.3) is 11.4 Å². The van der Waals surface area contributed by atoms with Crippen molar-refractivity contribution in [2.24, 2.45) is 7.05 Å². The Labute approximate surface area is 157 Å². The second-order valence-corrected chi connectivity index (χ2v) is 7.37. The van der Waals surface area contributed by atoms with E-state index in [1.54, 1.807) is 12.4 Å². The van der Waals surface area contributed by atoms with Crippen molar-refractivity contribution >= 4 is 17.5 Å². The van der Waals surface area contributed by atoms with Gasteiger partial charge in [0, 0.05) is 30.6 Å². The first kappa shape index (κ1) is 18.3. The first-order valence-electron chi connectivity index (χ1n) is 8.43. The topological polar surface area (TPSA) is 60.7 Å². The van der Waals surface area contributed by atoms with E-state index >= 15 is 0 Å². The van der Waals surface area contributed by atoms with Crippen molar-refractivity contribution < 1.29 is 4.79 Å². The number of ketones is 1. The molecular formula is C20H22N4OS. The molecule has 6 heteroatoms. The Morgan fingerprint density at radius 3 is 2.42 bits per heavy atom. The zero-order valence-corrected chi connectivity index (χ0v) is 16.5. The number of thioether (sulfide) groups is 1. The summed E-state index contributed by atoms with van der Waals surface area (Å²) in [5.41, 5.74) is 6.41. The maximum absolute atomic E-state index is 12.8. The summed E-state index contributed by atoms with van der Waals surface area (Å²) in [5, 5.41) is 9.21. The predicted molar refractivity (Wildman–Crippen MR) is 105 cm³/mol. The van der Waals surface area contributed by atoms with Gasteiger partial charge in [-0.2, -0.15) is 0 Å². The molecule has 0 aliphatic rings. The van der Waals surface area contributed by atoms with E-state index in [0.717, 1.165) is 33.2 Å². The molecule has 0 fully saturated rings. The number of aromatic nitrogens is 4. The number of aryl methyl sites for hydroxylation is 1. The van der Waals surface area contributed by atoms with Gasteiger partial charge in [0.05, 0.1) is 5.75 Å². The largest absolute Gasteiger partial charge is 0.305 e. The summed E-state index contributed by atoms with van der Waals surface area (Å²) in [6.45, 7) is 8.24. The maximum Gasteiger partial charge on any atom is 0.191 e. The number of hydrogen-bond acceptors (Lipinski definition) is 5. The van der Waals surface area contributed by atoms with Gasteiger partial charge in [-0.05, 0) is 68.1 Å². The third kappa shape index (κ3) is 3.42. The molecule has 26 heavy (non-hydrogen) atoms. The van der Waals surface area contributed by atoms with Crippen LogP contribution in [0.3, 0.4) is 0 Å². The minimum atomic E-state index is 0.118. The van der Waals surface area contributed by atoms with Gasteiger partial charge in [0.1, 0.15) is 0 Å². The smallest absolute Gasteiger partial charge is 0.191 e. The fraction of sp³-hybridized carbons (Fsp3) is 0.300. The molecule has 0 aliphatic heterocycles. The van der Waals surface area contributed by atoms with Crippen LogP contribution in [0.5, 0.6) is 0 Å². The average Bonchev–Trinajstić information content (AvgIpc) is 3.02. The van der Waals surface area contributed by atoms with Gasteiger partial charge in [-0.25, -0.2) is 0 Å². The lowest BCUT2D eigenvalue weighted by atomic mass is 9.93. The molecule has 0 bridgehead atoms. The number of hydrogen-bond donors (Lipinski definition) is 0. The van der Waals surface area contributed by atoms with E-state index in [1.807, 2.05) is 36.7 Å². The number of carbonyl (C=O) groups excluding carboxylic acids is 1. The van der Waals surface area contributed by atoms with Gasteiger partial charge in [0.15, 0.2) is 16.8 Å². The van der Waals surface area contributed by atoms with E-state index in [2.05, 4.69) is 36.0 Å². The Kier molecular flexibility index (Phi) is 5.23. The summed E-state index contributed by atoms with van der Waals surface area (Å²) in [6, 6.07) is 5.79. The highest BCUT2D eigenvalue weighted by molar-refractivity contribution is 7.99. The number of benzene rings is 1. The van der Waals surface area contributed by atoms with Crippen molar-refractivity contribution in [1.29, 1.82) is 0 Å². The van der Waals surface area contributed by atoms with Crippen molar-refractivity contribution in [3.63, 3.8) is 0 Å². The number of Topliss-reactive ketones (excluding diaryl/α,β-unsaturated/α-hetero) is 1. The molecule has 2 heterocycles. The fourth-order valence-electron chi connectivity index (χ4n) is 2.90. The molecule has 0 saturated heterocycles. The van der Waals surface area contributed by atoms with E-state index in [9.17, 15) is 4.79 Å². The van der Waals surface area contributed by atoms with Crippen LogP contribution in [0, 0.1) is 27.7 Å². The minimum absolute atomic E-state index is 0.118. The van der Waals surface area contributed by atoms with Crippen LogP contribution in [0.1, 0.15) is 32.6 Å². The highest BCUT2D eigenvalue weighted by Crippen LogP contribution is 2.25. The summed E-state index contributed by atoms with van der Waals surface area (Å²) in [4.78, 5) is 16.8. The molecule has 0 atom stereocenters. The van der Waals surface area contributed by atoms with Crippen LogP contribution in [-0.4, -0.2) is 31.3 Å². The third-order valence-corrected chi connectivity index (χ3v) is 5.91. The van der Waals surface area contributed by atoms with E-state index in [-0.39, 0.29) is 5.78 Å². The van der Waals surface area contributed by atoms with Crippen molar-refractivity contribution in [1.82, 2.24) is 19.7 Å². The Balaban J connectivity index is 1.78. The molecule has 0 aliphatic carbocycles. The van der Waals surface area contributed by atoms with Crippen LogP contribution >= 0.6 is 11.8 Å². The lowest BCUT2D eigenvalue weighted by Gasteiger charge is -2.13. The van der Waals surface area contributed by atoms with Gasteiger partial charge in [-0.1, -0.05) is 11.8 Å². The SMILES string of the molecule is Cc1cc(C(=O)CSc2nnc(-c3ccncc3)n2C)c(C)c(C)c1C. The number of rotatable bonds is 5. The van der Waals surface area contributed by atoms with Crippen LogP contribution in [0.4, 0.5) is 0 Å². The number of nitrogens with zero attached hydrogens (tertiary/aromatic N) is 4. The van der Waals surface area contributed by atoms with Crippen LogP contribution in [0.2, 0.25) is 0 Å². The van der Waals surface area contributed by atoms with E-state index in [0.29, 0.717) is 5.75 Å². The molecule has 1 aromatic carbocycles. The Morgan fingerprint density at radius 1 is 1.04 bits per heavy atom. The highest BCUT2D eigenvalue weighted by Gasteiger charge is 2.17. The summed E-state index contributed by atoms with van der Waals surface area (Å²) < 4.78 is 1.91. The Morgan fingerprint density at radius 2 is 1.73 bits per heavy atom. The van der Waals surface area contributed by atoms with Crippen molar-refractivity contribution in [3.05, 3.63) is 58.4 Å². The molecule has 2 aromatic heterocycles. The van der Waals surface area contributed by atoms with Crippen LogP contribution < -0.4 is 0 Å². The molecule has 3 aromatic rings. The summed E-state index contributed by atoms with van der Waals surface area (Å²) in [6.07, 6.45) is 3.45. The van der Waals surface area contributed by atoms with Gasteiger partial charge < -0.3 is 4.57 Å². The molecule has 5 nitrogen and oxygen atoms in total. The summed E-state index contributed by atoms with van der Waals surface area (Å²) >= 11 is 1.41. The van der Waals surface area contributed by atoms with Crippen LogP contribution in [-0.2, 0) is 7.05 Å². The molecule has 0 spiro atoms. The Bertz CT molecular complexity index is 964. The van der Waals surface area contributed by atoms with Crippen molar-refractivity contribution in [2.75, 3.05) is 5.75 Å². The summed E-state index contributed by atoms with van der Waals surface area (Å²) in [7, 11) is 1.91. The molecule has 0 radical (unpaired) electrons. The standard InChI is InChI=1S/C20H22N4OS/c1-12-10-17(15(4)14(3)13(12)2)18(25)11-26-20-23-22-19(24(20)5)16-6-8-21-9-7-16/h6-10H,11H2,1-5H3. The third-order valence-electron chi connectivity index (χ3n) is 4.89. The van der Waals surface area contributed by atoms with Gasteiger partial charge in [-0.15, -0.1) is 10.2 Å². The van der Waals surface area contributed by atoms with Gasteiger partial charge in [0.2, 0.25) is 0 Å². The highest BCUT2D eigenvalue weighted by atomic mass is 32.2. The normalized spacial score (nSPS) is 11.0. The Hall–Kier alpha value is -2.47. The fourth-order valence-corrected chi connectivity index (χ4v) is 3.70. The maximum atomic E-state index is 12.8. The molecule has 0 N–H and O–H groups in total. The first-order valence-corrected chi connectivity index (χ1v) is 9.42. The minimum Gasteiger partial charge on any atom is -0.305 e. The molecule has 0 amide bonds. The second kappa shape index (κ2) is 7.41. The second-order valence-electron chi connectivity index (χ2n) is 6.43. The molecule has 0 unspecified atom stereocenters. The monoisotopic (exact) mass is 366 g/mol. The first-order chi connectivity index (χ1) is 12.4. The predicted octanol–water partition coefficient (Wildman–Crippen LogP) is 4.09. The van der Waals surface area contributed by atoms with Gasteiger partial charge in [0.25, 0.3) is 0 Å². The van der Waals surface area contributed by atoms with E-state index in [1.165, 1.54) is 22.9 Å². The van der Waals surface area contributed by atoms with Gasteiger partial charge in [-0.3, -0.25) is 9.78 Å². The lowest BCUT2D eigenvalue weighted by molar-refractivity contribution is 0.102. The molecule has 3 rings (SSSR count). The van der Waals surface area contributed by atoms with E-state index in [4.69, 9.17) is 0 Å². The zero-order chi connectivity index (χ0) is 18.8. The zero-order valence-electron chi connectivity index (χ0n) is 15.7.